The number of carbonyl (C=O) groups is 1. The lowest BCUT2D eigenvalue weighted by molar-refractivity contribution is -0.130. The third-order valence-electron chi connectivity index (χ3n) is 3.22. The zero-order valence-corrected chi connectivity index (χ0v) is 12.3. The lowest BCUT2D eigenvalue weighted by Gasteiger charge is -2.25. The second kappa shape index (κ2) is 5.53. The number of amides is 1. The summed E-state index contributed by atoms with van der Waals surface area (Å²) >= 11 is 0. The van der Waals surface area contributed by atoms with Gasteiger partial charge in [-0.15, -0.1) is 0 Å². The Bertz CT molecular complexity index is 532. The van der Waals surface area contributed by atoms with Gasteiger partial charge in [-0.05, 0) is 19.1 Å². The van der Waals surface area contributed by atoms with Gasteiger partial charge in [0.2, 0.25) is 6.10 Å². The van der Waals surface area contributed by atoms with Gasteiger partial charge in [-0.1, -0.05) is 32.9 Å². The summed E-state index contributed by atoms with van der Waals surface area (Å²) in [5.41, 5.74) is 3.30. The van der Waals surface area contributed by atoms with E-state index >= 15 is 0 Å². The Kier molecular flexibility index (Phi) is 3.97. The Morgan fingerprint density at radius 3 is 2.60 bits per heavy atom. The highest BCUT2D eigenvalue weighted by molar-refractivity contribution is 5.89. The zero-order chi connectivity index (χ0) is 14.8. The fourth-order valence-electron chi connectivity index (χ4n) is 1.53. The number of nitrogens with zero attached hydrogens (tertiary/aromatic N) is 1. The Labute approximate surface area is 119 Å². The standard InChI is InChI=1S/C15H20N2O3/c1-10(15(2,3)4)16-17-14(18)13-9-19-11-7-5-6-8-12(11)20-13/h5-8,13H,9H2,1-4H3,(H,17,18)/b16-10-/t13-/m1/s1. The average Bonchev–Trinajstić information content (AvgIpc) is 2.42. The van der Waals surface area contributed by atoms with E-state index < -0.39 is 6.10 Å². The van der Waals surface area contributed by atoms with Crippen LogP contribution in [0.15, 0.2) is 29.4 Å². The maximum atomic E-state index is 12.0. The third kappa shape index (κ3) is 3.29. The number of benzene rings is 1. The van der Waals surface area contributed by atoms with Crippen molar-refractivity contribution in [3.63, 3.8) is 0 Å². The first-order valence-electron chi connectivity index (χ1n) is 6.61. The van der Waals surface area contributed by atoms with E-state index in [1.807, 2.05) is 45.9 Å². The molecule has 1 aromatic carbocycles. The highest BCUT2D eigenvalue weighted by Crippen LogP contribution is 2.30. The minimum atomic E-state index is -0.679. The summed E-state index contributed by atoms with van der Waals surface area (Å²) in [7, 11) is 0. The SMILES string of the molecule is C/C(=N/NC(=O)[C@H]1COc2ccccc2O1)C(C)(C)C. The minimum absolute atomic E-state index is 0.0796. The molecule has 2 rings (SSSR count). The molecule has 0 spiro atoms. The summed E-state index contributed by atoms with van der Waals surface area (Å²) in [6.07, 6.45) is -0.679. The molecule has 1 heterocycles. The Hall–Kier alpha value is -2.04. The van der Waals surface area contributed by atoms with Crippen LogP contribution in [0.5, 0.6) is 11.5 Å². The van der Waals surface area contributed by atoms with Crippen LogP contribution >= 0.6 is 0 Å². The van der Waals surface area contributed by atoms with Crippen LogP contribution in [0, 0.1) is 5.41 Å². The number of hydrogen-bond acceptors (Lipinski definition) is 4. The number of fused-ring (bicyclic) bond motifs is 1. The Balaban J connectivity index is 1.99. The predicted molar refractivity (Wildman–Crippen MR) is 77.1 cm³/mol. The van der Waals surface area contributed by atoms with Gasteiger partial charge < -0.3 is 9.47 Å². The molecule has 0 radical (unpaired) electrons. The van der Waals surface area contributed by atoms with Gasteiger partial charge >= 0.3 is 0 Å². The molecule has 5 heteroatoms. The van der Waals surface area contributed by atoms with Crippen molar-refractivity contribution < 1.29 is 14.3 Å². The van der Waals surface area contributed by atoms with Crippen molar-refractivity contribution in [2.24, 2.45) is 10.5 Å². The molecular weight excluding hydrogens is 256 g/mol. The quantitative estimate of drug-likeness (QED) is 0.666. The van der Waals surface area contributed by atoms with Crippen LogP contribution in [-0.2, 0) is 4.79 Å². The number of carbonyl (C=O) groups excluding carboxylic acids is 1. The van der Waals surface area contributed by atoms with Gasteiger partial charge in [-0.25, -0.2) is 5.43 Å². The van der Waals surface area contributed by atoms with Gasteiger partial charge in [0.05, 0.1) is 0 Å². The molecule has 20 heavy (non-hydrogen) atoms. The summed E-state index contributed by atoms with van der Waals surface area (Å²) in [5.74, 6) is 0.935. The van der Waals surface area contributed by atoms with Crippen LogP contribution in [0.25, 0.3) is 0 Å². The molecule has 1 amide bonds. The maximum absolute atomic E-state index is 12.0. The monoisotopic (exact) mass is 276 g/mol. The van der Waals surface area contributed by atoms with Gasteiger partial charge in [0, 0.05) is 11.1 Å². The van der Waals surface area contributed by atoms with Gasteiger partial charge in [-0.2, -0.15) is 5.10 Å². The summed E-state index contributed by atoms with van der Waals surface area (Å²) in [6.45, 7) is 8.18. The molecule has 0 bridgehead atoms. The van der Waals surface area contributed by atoms with E-state index in [9.17, 15) is 4.79 Å². The van der Waals surface area contributed by atoms with Crippen molar-refractivity contribution >= 4 is 11.6 Å². The second-order valence-corrected chi connectivity index (χ2v) is 5.79. The van der Waals surface area contributed by atoms with Crippen molar-refractivity contribution in [3.05, 3.63) is 24.3 Å². The van der Waals surface area contributed by atoms with E-state index in [4.69, 9.17) is 9.47 Å². The third-order valence-corrected chi connectivity index (χ3v) is 3.22. The van der Waals surface area contributed by atoms with Crippen molar-refractivity contribution in [1.82, 2.24) is 5.43 Å². The van der Waals surface area contributed by atoms with E-state index in [-0.39, 0.29) is 17.9 Å². The summed E-state index contributed by atoms with van der Waals surface area (Å²) in [5, 5.41) is 4.11. The normalized spacial score (nSPS) is 18.6. The van der Waals surface area contributed by atoms with E-state index in [1.165, 1.54) is 0 Å². The van der Waals surface area contributed by atoms with Crippen molar-refractivity contribution in [2.45, 2.75) is 33.8 Å². The number of nitrogens with one attached hydrogen (secondary N) is 1. The van der Waals surface area contributed by atoms with Crippen molar-refractivity contribution in [3.8, 4) is 11.5 Å². The topological polar surface area (TPSA) is 59.9 Å². The molecule has 1 atom stereocenters. The molecule has 0 aromatic heterocycles. The first-order chi connectivity index (χ1) is 9.38. The molecule has 0 unspecified atom stereocenters. The molecule has 1 N–H and O–H groups in total. The lowest BCUT2D eigenvalue weighted by atomic mass is 9.91. The summed E-state index contributed by atoms with van der Waals surface area (Å²) in [4.78, 5) is 12.0. The molecule has 0 saturated carbocycles. The molecule has 108 valence electrons. The van der Waals surface area contributed by atoms with E-state index in [0.29, 0.717) is 11.5 Å². The molecule has 0 saturated heterocycles. The van der Waals surface area contributed by atoms with Crippen LogP contribution in [0.2, 0.25) is 0 Å². The highest BCUT2D eigenvalue weighted by Gasteiger charge is 2.27. The largest absolute Gasteiger partial charge is 0.485 e. The second-order valence-electron chi connectivity index (χ2n) is 5.79. The number of rotatable bonds is 2. The van der Waals surface area contributed by atoms with Crippen LogP contribution in [0.1, 0.15) is 27.7 Å². The van der Waals surface area contributed by atoms with Gasteiger partial charge in [0.15, 0.2) is 11.5 Å². The summed E-state index contributed by atoms with van der Waals surface area (Å²) in [6, 6.07) is 7.29. The molecular formula is C15H20N2O3. The molecule has 1 aliphatic rings. The van der Waals surface area contributed by atoms with E-state index in [0.717, 1.165) is 5.71 Å². The smallest absolute Gasteiger partial charge is 0.284 e. The van der Waals surface area contributed by atoms with Crippen LogP contribution in [0.4, 0.5) is 0 Å². The van der Waals surface area contributed by atoms with Crippen molar-refractivity contribution in [1.29, 1.82) is 0 Å². The van der Waals surface area contributed by atoms with Crippen molar-refractivity contribution in [2.75, 3.05) is 6.61 Å². The van der Waals surface area contributed by atoms with Gasteiger partial charge in [0.25, 0.3) is 5.91 Å². The zero-order valence-electron chi connectivity index (χ0n) is 12.3. The van der Waals surface area contributed by atoms with E-state index in [1.54, 1.807) is 6.07 Å². The highest BCUT2D eigenvalue weighted by atomic mass is 16.6. The Morgan fingerprint density at radius 1 is 1.30 bits per heavy atom. The molecule has 1 aromatic rings. The predicted octanol–water partition coefficient (Wildman–Crippen LogP) is 2.36. The number of para-hydroxylation sites is 2. The number of hydrazone groups is 1. The first kappa shape index (κ1) is 14.4. The Morgan fingerprint density at radius 2 is 1.95 bits per heavy atom. The van der Waals surface area contributed by atoms with Crippen LogP contribution < -0.4 is 14.9 Å². The van der Waals surface area contributed by atoms with E-state index in [2.05, 4.69) is 10.5 Å². The molecule has 5 nitrogen and oxygen atoms in total. The average molecular weight is 276 g/mol. The fraction of sp³-hybridized carbons (Fsp3) is 0.467. The van der Waals surface area contributed by atoms with Crippen LogP contribution in [-0.4, -0.2) is 24.3 Å². The number of ether oxygens (including phenoxy) is 2. The maximum Gasteiger partial charge on any atom is 0.284 e. The van der Waals surface area contributed by atoms with Gasteiger partial charge in [0.1, 0.15) is 6.61 Å². The lowest BCUT2D eigenvalue weighted by Crippen LogP contribution is -2.42. The molecule has 1 aliphatic heterocycles. The first-order valence-corrected chi connectivity index (χ1v) is 6.61. The number of hydrogen-bond donors (Lipinski definition) is 1. The molecule has 0 aliphatic carbocycles. The van der Waals surface area contributed by atoms with Gasteiger partial charge in [-0.3, -0.25) is 4.79 Å². The minimum Gasteiger partial charge on any atom is -0.485 e. The van der Waals surface area contributed by atoms with Crippen LogP contribution in [0.3, 0.4) is 0 Å². The molecule has 0 fully saturated rings. The summed E-state index contributed by atoms with van der Waals surface area (Å²) < 4.78 is 11.1. The fourth-order valence-corrected chi connectivity index (χ4v) is 1.53.